The highest BCUT2D eigenvalue weighted by molar-refractivity contribution is 5.83. The number of benzene rings is 1. The zero-order valence-corrected chi connectivity index (χ0v) is 15.7. The molecule has 5 aliphatic carbocycles. The Kier molecular flexibility index (Phi) is 3.77. The van der Waals surface area contributed by atoms with Gasteiger partial charge in [0.2, 0.25) is 0 Å². The highest BCUT2D eigenvalue weighted by Crippen LogP contribution is 2.83. The van der Waals surface area contributed by atoms with Crippen molar-refractivity contribution >= 4 is 5.97 Å². The summed E-state index contributed by atoms with van der Waals surface area (Å²) in [6.45, 7) is 0.124. The van der Waals surface area contributed by atoms with Gasteiger partial charge in [-0.1, -0.05) is 30.3 Å². The summed E-state index contributed by atoms with van der Waals surface area (Å²) >= 11 is 0. The molecule has 152 valence electrons. The third-order valence-corrected chi connectivity index (χ3v) is 7.80. The maximum absolute atomic E-state index is 14.2. The van der Waals surface area contributed by atoms with Crippen LogP contribution in [0.2, 0.25) is 0 Å². The molecule has 7 heteroatoms. The second kappa shape index (κ2) is 5.72. The summed E-state index contributed by atoms with van der Waals surface area (Å²) in [5.41, 5.74) is -4.42. The van der Waals surface area contributed by atoms with E-state index in [9.17, 15) is 18.0 Å². The van der Waals surface area contributed by atoms with E-state index in [0.29, 0.717) is 36.0 Å². The van der Waals surface area contributed by atoms with Crippen molar-refractivity contribution in [1.82, 2.24) is 0 Å². The smallest absolute Gasteiger partial charge is 0.432 e. The van der Waals surface area contributed by atoms with E-state index in [4.69, 9.17) is 14.2 Å². The van der Waals surface area contributed by atoms with Gasteiger partial charge in [-0.15, -0.1) is 0 Å². The van der Waals surface area contributed by atoms with Crippen LogP contribution in [0.15, 0.2) is 30.3 Å². The Bertz CT molecular complexity index is 797. The summed E-state index contributed by atoms with van der Waals surface area (Å²) in [7, 11) is 2.40. The maximum atomic E-state index is 14.2. The number of esters is 1. The molecule has 0 heterocycles. The van der Waals surface area contributed by atoms with Crippen LogP contribution in [-0.2, 0) is 24.6 Å². The zero-order chi connectivity index (χ0) is 19.9. The molecule has 0 saturated heterocycles. The average molecular weight is 396 g/mol. The average Bonchev–Trinajstić information content (AvgIpc) is 2.94. The number of halogens is 3. The normalized spacial score (nSPS) is 41.8. The third-order valence-electron chi connectivity index (χ3n) is 7.80. The van der Waals surface area contributed by atoms with Crippen LogP contribution in [0.5, 0.6) is 0 Å². The first-order valence-electron chi connectivity index (χ1n) is 9.70. The van der Waals surface area contributed by atoms with E-state index in [1.807, 2.05) is 0 Å². The van der Waals surface area contributed by atoms with E-state index in [1.165, 1.54) is 31.4 Å². The molecule has 5 aliphatic rings. The molecule has 0 aromatic heterocycles. The molecule has 5 fully saturated rings. The number of methoxy groups -OCH3 is 2. The third kappa shape index (κ3) is 2.07. The lowest BCUT2D eigenvalue weighted by molar-refractivity contribution is -0.284. The summed E-state index contributed by atoms with van der Waals surface area (Å²) in [4.78, 5) is 13.2. The van der Waals surface area contributed by atoms with Crippen molar-refractivity contribution in [3.8, 4) is 0 Å². The number of hydrogen-bond acceptors (Lipinski definition) is 4. The molecule has 0 N–H and O–H groups in total. The van der Waals surface area contributed by atoms with Crippen LogP contribution in [0.4, 0.5) is 13.2 Å². The van der Waals surface area contributed by atoms with Gasteiger partial charge < -0.3 is 14.2 Å². The van der Waals surface area contributed by atoms with Crippen LogP contribution in [0, 0.1) is 35.5 Å². The Labute approximate surface area is 161 Å². The predicted molar refractivity (Wildman–Crippen MR) is 92.1 cm³/mol. The Morgan fingerprint density at radius 3 is 2.32 bits per heavy atom. The van der Waals surface area contributed by atoms with E-state index in [-0.39, 0.29) is 18.1 Å². The fourth-order valence-electron chi connectivity index (χ4n) is 7.07. The number of carbonyl (C=O) groups is 1. The monoisotopic (exact) mass is 396 g/mol. The number of rotatable bonds is 6. The molecule has 1 aromatic rings. The maximum Gasteiger partial charge on any atom is 0.432 e. The summed E-state index contributed by atoms with van der Waals surface area (Å²) in [6, 6.07) is 6.99. The van der Waals surface area contributed by atoms with Crippen molar-refractivity contribution in [1.29, 1.82) is 0 Å². The van der Waals surface area contributed by atoms with Gasteiger partial charge in [-0.05, 0) is 42.4 Å². The van der Waals surface area contributed by atoms with Gasteiger partial charge in [0.05, 0.1) is 6.61 Å². The molecule has 5 saturated carbocycles. The van der Waals surface area contributed by atoms with Crippen LogP contribution in [0.3, 0.4) is 0 Å². The van der Waals surface area contributed by atoms with Crippen molar-refractivity contribution in [2.24, 2.45) is 35.5 Å². The summed E-state index contributed by atoms with van der Waals surface area (Å²) in [6.07, 6.45) is -3.26. The van der Waals surface area contributed by atoms with Crippen molar-refractivity contribution in [3.63, 3.8) is 0 Å². The zero-order valence-electron chi connectivity index (χ0n) is 15.7. The lowest BCUT2D eigenvalue weighted by Crippen LogP contribution is -2.56. The molecule has 0 spiro atoms. The van der Waals surface area contributed by atoms with Crippen LogP contribution in [0.25, 0.3) is 0 Å². The van der Waals surface area contributed by atoms with Crippen LogP contribution >= 0.6 is 0 Å². The second-order valence-electron chi connectivity index (χ2n) is 8.75. The second-order valence-corrected chi connectivity index (χ2v) is 8.75. The van der Waals surface area contributed by atoms with Crippen molar-refractivity contribution in [3.05, 3.63) is 35.9 Å². The van der Waals surface area contributed by atoms with E-state index in [0.717, 1.165) is 13.5 Å². The molecule has 28 heavy (non-hydrogen) atoms. The Hall–Kier alpha value is -1.60. The fourth-order valence-corrected chi connectivity index (χ4v) is 7.07. The minimum absolute atomic E-state index is 0.106. The number of hydrogen-bond donors (Lipinski definition) is 0. The molecular formula is C21H23F3O4. The van der Waals surface area contributed by atoms with Crippen molar-refractivity contribution in [2.45, 2.75) is 30.2 Å². The Morgan fingerprint density at radius 1 is 1.11 bits per heavy atom. The predicted octanol–water partition coefficient (Wildman–Crippen LogP) is 3.55. The van der Waals surface area contributed by atoms with Gasteiger partial charge in [0.1, 0.15) is 5.60 Å². The number of ether oxygens (including phenoxy) is 3. The summed E-state index contributed by atoms with van der Waals surface area (Å²) in [5, 5.41) is 0. The van der Waals surface area contributed by atoms with Crippen LogP contribution in [0.1, 0.15) is 18.4 Å². The van der Waals surface area contributed by atoms with Gasteiger partial charge in [0.15, 0.2) is 0 Å². The highest BCUT2D eigenvalue weighted by Gasteiger charge is 2.82. The highest BCUT2D eigenvalue weighted by atomic mass is 19.4. The minimum Gasteiger partial charge on any atom is -0.454 e. The first-order valence-corrected chi connectivity index (χ1v) is 9.70. The molecule has 0 amide bonds. The van der Waals surface area contributed by atoms with Crippen LogP contribution in [-0.4, -0.2) is 38.6 Å². The Morgan fingerprint density at radius 2 is 1.82 bits per heavy atom. The van der Waals surface area contributed by atoms with Crippen LogP contribution < -0.4 is 0 Å². The Balaban J connectivity index is 1.52. The van der Waals surface area contributed by atoms with E-state index < -0.39 is 23.3 Å². The molecule has 0 aliphatic heterocycles. The van der Waals surface area contributed by atoms with E-state index in [1.54, 1.807) is 6.07 Å². The molecule has 4 nitrogen and oxygen atoms in total. The van der Waals surface area contributed by atoms with Gasteiger partial charge in [0.25, 0.3) is 5.60 Å². The number of alkyl halides is 3. The standard InChI is InChI=1S/C21H23F3O4/c1-26-10-19(9-14-12-8-13-15(14)16(13)17(12)19)28-18(25)20(27-2,21(22,23)24)11-6-4-3-5-7-11/h3-7,12-17H,8-10H2,1-2H3/t12-,13+,14-,15+,16+,17+,19+,20?/m0/s1. The van der Waals surface area contributed by atoms with Gasteiger partial charge in [0, 0.05) is 25.7 Å². The fraction of sp³-hybridized carbons (Fsp3) is 0.667. The molecular weight excluding hydrogens is 373 g/mol. The molecule has 6 bridgehead atoms. The van der Waals surface area contributed by atoms with Crippen molar-refractivity contribution in [2.75, 3.05) is 20.8 Å². The quantitative estimate of drug-likeness (QED) is 0.690. The minimum atomic E-state index is -4.96. The van der Waals surface area contributed by atoms with E-state index >= 15 is 0 Å². The first-order chi connectivity index (χ1) is 13.3. The molecule has 1 aromatic carbocycles. The largest absolute Gasteiger partial charge is 0.454 e. The van der Waals surface area contributed by atoms with Gasteiger partial charge in [-0.2, -0.15) is 13.2 Å². The topological polar surface area (TPSA) is 44.8 Å². The lowest BCUT2D eigenvalue weighted by Gasteiger charge is -2.41. The van der Waals surface area contributed by atoms with E-state index in [2.05, 4.69) is 0 Å². The molecule has 8 atom stereocenters. The van der Waals surface area contributed by atoms with Gasteiger partial charge in [-0.25, -0.2) is 4.79 Å². The SMILES string of the molecule is COC[C@]1(OC(=O)C(OC)(c2ccccc2)C(F)(F)F)C[C@H]2[C@@H]3C[C@@H]4[C@H]2[C@@H]4[C@@H]31. The summed E-state index contributed by atoms with van der Waals surface area (Å²) in [5.74, 6) is 1.43. The molecule has 0 radical (unpaired) electrons. The van der Waals surface area contributed by atoms with Gasteiger partial charge >= 0.3 is 12.1 Å². The number of carbonyl (C=O) groups excluding carboxylic acids is 1. The molecule has 6 rings (SSSR count). The lowest BCUT2D eigenvalue weighted by atomic mass is 9.83. The van der Waals surface area contributed by atoms with Crippen molar-refractivity contribution < 1.29 is 32.2 Å². The summed E-state index contributed by atoms with van der Waals surface area (Å²) < 4.78 is 58.6. The molecule has 1 unspecified atom stereocenters. The first kappa shape index (κ1) is 18.4. The van der Waals surface area contributed by atoms with Gasteiger partial charge in [-0.3, -0.25) is 0 Å².